The van der Waals surface area contributed by atoms with Crippen molar-refractivity contribution in [1.29, 1.82) is 0 Å². The third-order valence-corrected chi connectivity index (χ3v) is 5.41. The van der Waals surface area contributed by atoms with Crippen molar-refractivity contribution in [2.24, 2.45) is 0 Å². The summed E-state index contributed by atoms with van der Waals surface area (Å²) in [6.07, 6.45) is 16.2. The van der Waals surface area contributed by atoms with Gasteiger partial charge in [0, 0.05) is 48.6 Å². The fraction of sp³-hybridized carbons (Fsp3) is 0.125. The second-order valence-corrected chi connectivity index (χ2v) is 7.35. The minimum atomic E-state index is -0.120. The lowest BCUT2D eigenvalue weighted by Crippen LogP contribution is -2.38. The van der Waals surface area contributed by atoms with Crippen molar-refractivity contribution in [3.8, 4) is 0 Å². The van der Waals surface area contributed by atoms with E-state index in [1.807, 2.05) is 73.5 Å². The van der Waals surface area contributed by atoms with Crippen LogP contribution in [0.5, 0.6) is 0 Å². The highest BCUT2D eigenvalue weighted by Gasteiger charge is 2.33. The third-order valence-electron chi connectivity index (χ3n) is 5.41. The topological polar surface area (TPSA) is 71.4 Å². The lowest BCUT2D eigenvalue weighted by molar-refractivity contribution is -0.378. The number of rotatable bonds is 5. The van der Waals surface area contributed by atoms with Gasteiger partial charge in [-0.1, -0.05) is 30.3 Å². The minimum absolute atomic E-state index is 0.0167. The highest BCUT2D eigenvalue weighted by molar-refractivity contribution is 5.95. The predicted molar refractivity (Wildman–Crippen MR) is 114 cm³/mol. The average molecular weight is 396 g/mol. The van der Waals surface area contributed by atoms with Crippen LogP contribution >= 0.6 is 0 Å². The summed E-state index contributed by atoms with van der Waals surface area (Å²) in [5.41, 5.74) is 3.64. The molecule has 0 saturated heterocycles. The van der Waals surface area contributed by atoms with Gasteiger partial charge in [-0.25, -0.2) is 4.98 Å². The van der Waals surface area contributed by atoms with Gasteiger partial charge in [0.2, 0.25) is 0 Å². The standard InChI is InChI=1S/C24H21N5O/c30-24(27-16-19-15-26-14-18-7-1-2-8-20(18)19)23-21-9-3-4-11-29(21)22(28-23)12-17-6-5-10-25-13-17/h1-11,13-15,22,28H,12,16H2,(H,27,30)/p+1. The molecule has 3 N–H and O–H groups in total. The van der Waals surface area contributed by atoms with Crippen LogP contribution < -0.4 is 15.6 Å². The number of allylic oxidation sites excluding steroid dienone is 3. The molecule has 3 aromatic rings. The SMILES string of the molecule is O=C(NCc1cncc2ccccc12)C1=C2C=CC=CN2C(Cc2ccc[nH+]c2)N1. The lowest BCUT2D eigenvalue weighted by Gasteiger charge is -2.25. The second-order valence-electron chi connectivity index (χ2n) is 7.35. The molecule has 2 aromatic heterocycles. The van der Waals surface area contributed by atoms with E-state index >= 15 is 0 Å². The van der Waals surface area contributed by atoms with Crippen molar-refractivity contribution in [2.75, 3.05) is 0 Å². The van der Waals surface area contributed by atoms with Crippen LogP contribution in [-0.2, 0) is 17.8 Å². The molecule has 0 fully saturated rings. The van der Waals surface area contributed by atoms with Crippen LogP contribution in [0.3, 0.4) is 0 Å². The van der Waals surface area contributed by atoms with Crippen molar-refractivity contribution in [2.45, 2.75) is 19.1 Å². The van der Waals surface area contributed by atoms with Crippen molar-refractivity contribution < 1.29 is 9.78 Å². The van der Waals surface area contributed by atoms with Crippen LogP contribution in [0, 0.1) is 0 Å². The first kappa shape index (κ1) is 18.1. The van der Waals surface area contributed by atoms with E-state index in [0.29, 0.717) is 12.2 Å². The molecule has 4 heterocycles. The van der Waals surface area contributed by atoms with E-state index in [1.165, 1.54) is 5.56 Å². The minimum Gasteiger partial charge on any atom is -0.358 e. The number of carbonyl (C=O) groups excluding carboxylic acids is 1. The summed E-state index contributed by atoms with van der Waals surface area (Å²) in [5, 5.41) is 8.64. The molecular weight excluding hydrogens is 374 g/mol. The molecule has 1 amide bonds. The summed E-state index contributed by atoms with van der Waals surface area (Å²) >= 11 is 0. The fourth-order valence-corrected chi connectivity index (χ4v) is 3.95. The van der Waals surface area contributed by atoms with Gasteiger partial charge < -0.3 is 15.5 Å². The first-order chi connectivity index (χ1) is 14.8. The number of nitrogens with zero attached hydrogens (tertiary/aromatic N) is 2. The van der Waals surface area contributed by atoms with Gasteiger partial charge in [0.25, 0.3) is 5.91 Å². The zero-order valence-corrected chi connectivity index (χ0v) is 16.4. The Labute approximate surface area is 174 Å². The molecule has 1 unspecified atom stereocenters. The molecule has 6 nitrogen and oxygen atoms in total. The van der Waals surface area contributed by atoms with Crippen LogP contribution in [0.4, 0.5) is 0 Å². The molecule has 1 aromatic carbocycles. The van der Waals surface area contributed by atoms with E-state index in [4.69, 9.17) is 0 Å². The first-order valence-electron chi connectivity index (χ1n) is 9.98. The molecule has 1 atom stereocenters. The lowest BCUT2D eigenvalue weighted by atomic mass is 10.1. The molecule has 0 radical (unpaired) electrons. The largest absolute Gasteiger partial charge is 0.358 e. The molecule has 2 aliphatic heterocycles. The fourth-order valence-electron chi connectivity index (χ4n) is 3.95. The quantitative estimate of drug-likeness (QED) is 0.695. The van der Waals surface area contributed by atoms with Crippen LogP contribution in [0.2, 0.25) is 0 Å². The van der Waals surface area contributed by atoms with Gasteiger partial charge in [-0.05, 0) is 29.2 Å². The van der Waals surface area contributed by atoms with E-state index in [1.54, 1.807) is 0 Å². The van der Waals surface area contributed by atoms with Gasteiger partial charge in [-0.15, -0.1) is 0 Å². The Morgan fingerprint density at radius 3 is 3.00 bits per heavy atom. The van der Waals surface area contributed by atoms with Gasteiger partial charge in [-0.3, -0.25) is 9.78 Å². The van der Waals surface area contributed by atoms with E-state index in [-0.39, 0.29) is 12.1 Å². The Balaban J connectivity index is 1.34. The number of carbonyl (C=O) groups is 1. The molecule has 0 saturated carbocycles. The Bertz CT molecular complexity index is 1180. The maximum absolute atomic E-state index is 13.1. The number of fused-ring (bicyclic) bond motifs is 2. The summed E-state index contributed by atoms with van der Waals surface area (Å²) in [6.45, 7) is 0.420. The maximum atomic E-state index is 13.1. The van der Waals surface area contributed by atoms with E-state index in [9.17, 15) is 4.79 Å². The van der Waals surface area contributed by atoms with Gasteiger partial charge in [0.15, 0.2) is 12.4 Å². The number of pyridine rings is 2. The molecule has 148 valence electrons. The maximum Gasteiger partial charge on any atom is 0.269 e. The zero-order chi connectivity index (χ0) is 20.3. The molecular formula is C24H22N5O+. The Morgan fingerprint density at radius 1 is 1.17 bits per heavy atom. The first-order valence-corrected chi connectivity index (χ1v) is 9.98. The normalized spacial score (nSPS) is 17.2. The smallest absolute Gasteiger partial charge is 0.269 e. The number of aromatic amines is 1. The number of nitrogens with one attached hydrogen (secondary N) is 3. The Hall–Kier alpha value is -3.93. The van der Waals surface area contributed by atoms with Crippen molar-refractivity contribution in [3.05, 3.63) is 108 Å². The van der Waals surface area contributed by atoms with E-state index in [2.05, 4.69) is 37.6 Å². The van der Waals surface area contributed by atoms with Crippen LogP contribution in [0.1, 0.15) is 11.1 Å². The number of hydrogen-bond acceptors (Lipinski definition) is 4. The number of hydrogen-bond donors (Lipinski definition) is 2. The molecule has 2 aliphatic rings. The molecule has 0 aliphatic carbocycles. The Morgan fingerprint density at radius 2 is 2.10 bits per heavy atom. The zero-order valence-electron chi connectivity index (χ0n) is 16.4. The van der Waals surface area contributed by atoms with Crippen molar-refractivity contribution in [3.63, 3.8) is 0 Å². The summed E-state index contributed by atoms with van der Waals surface area (Å²) < 4.78 is 0. The monoisotopic (exact) mass is 396 g/mol. The van der Waals surface area contributed by atoms with Crippen LogP contribution in [0.25, 0.3) is 10.8 Å². The van der Waals surface area contributed by atoms with Crippen molar-refractivity contribution in [1.82, 2.24) is 20.5 Å². The van der Waals surface area contributed by atoms with Crippen molar-refractivity contribution >= 4 is 16.7 Å². The van der Waals surface area contributed by atoms with E-state index in [0.717, 1.165) is 28.5 Å². The molecule has 30 heavy (non-hydrogen) atoms. The highest BCUT2D eigenvalue weighted by atomic mass is 16.2. The van der Waals surface area contributed by atoms with Gasteiger partial charge in [0.1, 0.15) is 11.9 Å². The summed E-state index contributed by atoms with van der Waals surface area (Å²) in [4.78, 5) is 22.6. The molecule has 5 rings (SSSR count). The summed E-state index contributed by atoms with van der Waals surface area (Å²) in [5.74, 6) is -0.120. The molecule has 0 spiro atoms. The number of H-pyrrole nitrogens is 1. The van der Waals surface area contributed by atoms with E-state index < -0.39 is 0 Å². The highest BCUT2D eigenvalue weighted by Crippen LogP contribution is 2.27. The summed E-state index contributed by atoms with van der Waals surface area (Å²) in [7, 11) is 0. The second kappa shape index (κ2) is 7.83. The van der Waals surface area contributed by atoms with Gasteiger partial charge in [-0.2, -0.15) is 0 Å². The van der Waals surface area contributed by atoms with Crippen LogP contribution in [-0.4, -0.2) is 22.0 Å². The van der Waals surface area contributed by atoms with Gasteiger partial charge in [0.05, 0.1) is 5.70 Å². The van der Waals surface area contributed by atoms with Crippen LogP contribution in [0.15, 0.2) is 97.0 Å². The molecule has 0 bridgehead atoms. The number of aromatic nitrogens is 2. The predicted octanol–water partition coefficient (Wildman–Crippen LogP) is 2.43. The molecule has 6 heteroatoms. The number of benzene rings is 1. The number of amides is 1. The van der Waals surface area contributed by atoms with Gasteiger partial charge >= 0.3 is 0 Å². The third kappa shape index (κ3) is 3.43. The Kier molecular flexibility index (Phi) is 4.73. The average Bonchev–Trinajstić information content (AvgIpc) is 3.17. The summed E-state index contributed by atoms with van der Waals surface area (Å²) in [6, 6.07) is 12.1.